The Hall–Kier alpha value is -2.58. The molecule has 1 aromatic carbocycles. The predicted octanol–water partition coefficient (Wildman–Crippen LogP) is 2.50. The van der Waals surface area contributed by atoms with Crippen LogP contribution in [0, 0.1) is 6.92 Å². The fourth-order valence-electron chi connectivity index (χ4n) is 3.77. The number of rotatable bonds is 6. The summed E-state index contributed by atoms with van der Waals surface area (Å²) in [5.41, 5.74) is 11.2. The van der Waals surface area contributed by atoms with Crippen molar-refractivity contribution in [1.29, 1.82) is 0 Å². The van der Waals surface area contributed by atoms with Gasteiger partial charge in [0, 0.05) is 19.0 Å². The Kier molecular flexibility index (Phi) is 6.91. The number of hydrogen-bond acceptors (Lipinski definition) is 7. The summed E-state index contributed by atoms with van der Waals surface area (Å²) in [6, 6.07) is 8.12. The summed E-state index contributed by atoms with van der Waals surface area (Å²) in [6.07, 6.45) is 8.10. The van der Waals surface area contributed by atoms with Crippen molar-refractivity contribution in [1.82, 2.24) is 9.80 Å². The van der Waals surface area contributed by atoms with Crippen LogP contribution in [0.3, 0.4) is 0 Å². The maximum Gasteiger partial charge on any atom is 0.153 e. The predicted molar refractivity (Wildman–Crippen MR) is 129 cm³/mol. The summed E-state index contributed by atoms with van der Waals surface area (Å²) in [7, 11) is 2.81. The van der Waals surface area contributed by atoms with Crippen molar-refractivity contribution in [3.63, 3.8) is 0 Å². The molecule has 0 amide bonds. The van der Waals surface area contributed by atoms with Crippen molar-refractivity contribution in [2.45, 2.75) is 31.2 Å². The van der Waals surface area contributed by atoms with Gasteiger partial charge in [-0.1, -0.05) is 36.4 Å². The second-order valence-corrected chi connectivity index (χ2v) is 10.7. The van der Waals surface area contributed by atoms with Crippen LogP contribution in [0.1, 0.15) is 18.4 Å². The molecule has 7 nitrogen and oxygen atoms in total. The summed E-state index contributed by atoms with van der Waals surface area (Å²) in [4.78, 5) is 9.00. The van der Waals surface area contributed by atoms with Crippen molar-refractivity contribution >= 4 is 21.2 Å². The summed E-state index contributed by atoms with van der Waals surface area (Å²) in [6.45, 7) is 2.63. The highest BCUT2D eigenvalue weighted by atomic mass is 32.2. The number of para-hydroxylation sites is 1. The van der Waals surface area contributed by atoms with Gasteiger partial charge in [0.05, 0.1) is 17.5 Å². The molecule has 0 radical (unpaired) electrons. The van der Waals surface area contributed by atoms with Gasteiger partial charge in [0.15, 0.2) is 9.84 Å². The lowest BCUT2D eigenvalue weighted by Crippen LogP contribution is -2.43. The highest BCUT2D eigenvalue weighted by Gasteiger charge is 2.28. The van der Waals surface area contributed by atoms with Crippen LogP contribution >= 0.6 is 0 Å². The molecule has 2 atom stereocenters. The van der Waals surface area contributed by atoms with Gasteiger partial charge in [-0.3, -0.25) is 4.90 Å². The number of likely N-dealkylation sites (N-methyl/N-ethyl adjacent to an activating group) is 1. The molecule has 0 saturated heterocycles. The van der Waals surface area contributed by atoms with E-state index in [1.807, 2.05) is 55.2 Å². The molecular formula is C23H33N5O2S. The third-order valence-corrected chi connectivity index (χ3v) is 7.21. The van der Waals surface area contributed by atoms with Crippen molar-refractivity contribution in [2.24, 2.45) is 10.7 Å². The van der Waals surface area contributed by atoms with Gasteiger partial charge in [-0.2, -0.15) is 0 Å². The molecule has 0 aromatic heterocycles. The zero-order valence-electron chi connectivity index (χ0n) is 19.0. The van der Waals surface area contributed by atoms with E-state index in [1.54, 1.807) is 6.08 Å². The summed E-state index contributed by atoms with van der Waals surface area (Å²) in [5, 5.41) is 3.11. The zero-order valence-corrected chi connectivity index (χ0v) is 19.8. The molecule has 0 spiro atoms. The number of nitrogens with two attached hydrogens (primary N) is 1. The first-order valence-corrected chi connectivity index (χ1v) is 12.4. The van der Waals surface area contributed by atoms with Crippen LogP contribution in [0.2, 0.25) is 0 Å². The molecule has 1 aromatic rings. The zero-order chi connectivity index (χ0) is 22.8. The molecular weight excluding hydrogens is 410 g/mol. The Bertz CT molecular complexity index is 1050. The molecule has 2 unspecified atom stereocenters. The molecule has 1 heterocycles. The SMILES string of the molecule is Cc1ccccc1NC(C1=C(N)N(C)CC(C2=CCCC(S(C)(=O)=O)C=C2)=N1)N(C)C. The average molecular weight is 444 g/mol. The van der Waals surface area contributed by atoms with Crippen LogP contribution in [-0.4, -0.2) is 69.3 Å². The molecule has 0 fully saturated rings. The van der Waals surface area contributed by atoms with E-state index in [2.05, 4.69) is 24.4 Å². The number of aryl methyl sites for hydroxylation is 1. The van der Waals surface area contributed by atoms with Gasteiger partial charge >= 0.3 is 0 Å². The molecule has 1 aliphatic heterocycles. The molecule has 31 heavy (non-hydrogen) atoms. The molecule has 3 rings (SSSR count). The Labute approximate surface area is 185 Å². The third-order valence-electron chi connectivity index (χ3n) is 5.72. The summed E-state index contributed by atoms with van der Waals surface area (Å²) in [5.74, 6) is 0.621. The van der Waals surface area contributed by atoms with Gasteiger partial charge < -0.3 is 16.0 Å². The van der Waals surface area contributed by atoms with E-state index in [-0.39, 0.29) is 6.17 Å². The van der Waals surface area contributed by atoms with Crippen LogP contribution in [0.15, 0.2) is 64.6 Å². The van der Waals surface area contributed by atoms with E-state index in [1.165, 1.54) is 6.26 Å². The molecule has 8 heteroatoms. The van der Waals surface area contributed by atoms with E-state index in [0.29, 0.717) is 25.2 Å². The first kappa shape index (κ1) is 23.1. The van der Waals surface area contributed by atoms with E-state index < -0.39 is 15.1 Å². The van der Waals surface area contributed by atoms with Crippen molar-refractivity contribution < 1.29 is 8.42 Å². The number of nitrogens with one attached hydrogen (secondary N) is 1. The Balaban J connectivity index is 1.96. The highest BCUT2D eigenvalue weighted by molar-refractivity contribution is 7.91. The number of allylic oxidation sites excluding steroid dienone is 2. The summed E-state index contributed by atoms with van der Waals surface area (Å²) >= 11 is 0. The minimum absolute atomic E-state index is 0.224. The first-order valence-electron chi connectivity index (χ1n) is 10.4. The minimum Gasteiger partial charge on any atom is -0.384 e. The molecule has 0 bridgehead atoms. The monoisotopic (exact) mass is 443 g/mol. The number of anilines is 1. The number of aliphatic imine (C=N–C) groups is 1. The van der Waals surface area contributed by atoms with Crippen LogP contribution in [0.25, 0.3) is 0 Å². The minimum atomic E-state index is -3.11. The Morgan fingerprint density at radius 1 is 1.29 bits per heavy atom. The molecule has 0 saturated carbocycles. The van der Waals surface area contributed by atoms with Gasteiger partial charge in [-0.05, 0) is 51.1 Å². The molecule has 3 N–H and O–H groups in total. The van der Waals surface area contributed by atoms with E-state index in [9.17, 15) is 8.42 Å². The van der Waals surface area contributed by atoms with Crippen molar-refractivity contribution in [2.75, 3.05) is 39.3 Å². The highest BCUT2D eigenvalue weighted by Crippen LogP contribution is 2.26. The van der Waals surface area contributed by atoms with E-state index in [0.717, 1.165) is 28.2 Å². The van der Waals surface area contributed by atoms with Gasteiger partial charge in [-0.15, -0.1) is 0 Å². The third kappa shape index (κ3) is 5.37. The van der Waals surface area contributed by atoms with Gasteiger partial charge in [-0.25, -0.2) is 13.4 Å². The summed E-state index contributed by atoms with van der Waals surface area (Å²) < 4.78 is 24.0. The Morgan fingerprint density at radius 2 is 2.00 bits per heavy atom. The molecule has 1 aliphatic carbocycles. The van der Waals surface area contributed by atoms with Crippen LogP contribution in [0.5, 0.6) is 0 Å². The van der Waals surface area contributed by atoms with Gasteiger partial charge in [0.2, 0.25) is 0 Å². The van der Waals surface area contributed by atoms with Crippen LogP contribution < -0.4 is 11.1 Å². The number of hydrogen-bond donors (Lipinski definition) is 2. The van der Waals surface area contributed by atoms with E-state index in [4.69, 9.17) is 10.7 Å². The number of benzene rings is 1. The Morgan fingerprint density at radius 3 is 2.65 bits per heavy atom. The standard InChI is InChI=1S/C23H33N5O2S/c1-16-9-6-7-12-19(16)26-23(27(2)3)21-22(24)28(4)15-20(25-21)17-10-8-11-18(14-13-17)31(5,29)30/h6-7,9-10,12-14,18,23,26H,8,11,15,24H2,1-5H3. The topological polar surface area (TPSA) is 91.0 Å². The lowest BCUT2D eigenvalue weighted by molar-refractivity contribution is 0.340. The van der Waals surface area contributed by atoms with Gasteiger partial charge in [0.25, 0.3) is 0 Å². The number of nitrogens with zero attached hydrogens (tertiary/aromatic N) is 3. The fourth-order valence-corrected chi connectivity index (χ4v) is 4.70. The molecule has 168 valence electrons. The largest absolute Gasteiger partial charge is 0.384 e. The first-order chi connectivity index (χ1) is 14.6. The maximum absolute atomic E-state index is 12.0. The lowest BCUT2D eigenvalue weighted by atomic mass is 10.1. The smallest absolute Gasteiger partial charge is 0.153 e. The lowest BCUT2D eigenvalue weighted by Gasteiger charge is -2.34. The van der Waals surface area contributed by atoms with Gasteiger partial charge in [0.1, 0.15) is 17.7 Å². The molecule has 2 aliphatic rings. The van der Waals surface area contributed by atoms with Crippen molar-refractivity contribution in [3.05, 3.63) is 65.1 Å². The normalized spacial score (nSPS) is 21.0. The fraction of sp³-hybridized carbons (Fsp3) is 0.435. The second kappa shape index (κ2) is 9.28. The van der Waals surface area contributed by atoms with E-state index >= 15 is 0 Å². The van der Waals surface area contributed by atoms with Crippen LogP contribution in [-0.2, 0) is 9.84 Å². The maximum atomic E-state index is 12.0. The average Bonchev–Trinajstić information content (AvgIpc) is 2.96. The quantitative estimate of drug-likeness (QED) is 0.657. The van der Waals surface area contributed by atoms with Crippen molar-refractivity contribution in [3.8, 4) is 0 Å². The number of sulfone groups is 1. The second-order valence-electron chi connectivity index (χ2n) is 8.47. The van der Waals surface area contributed by atoms with Crippen LogP contribution in [0.4, 0.5) is 5.69 Å².